The molecular formula is C24H24FN5O. The third kappa shape index (κ3) is 4.22. The first-order chi connectivity index (χ1) is 15.2. The molecule has 158 valence electrons. The summed E-state index contributed by atoms with van der Waals surface area (Å²) >= 11 is 0. The molecule has 0 radical (unpaired) electrons. The van der Waals surface area contributed by atoms with Crippen LogP contribution in [-0.4, -0.2) is 33.8 Å². The molecule has 3 heterocycles. The van der Waals surface area contributed by atoms with Crippen molar-refractivity contribution in [1.29, 1.82) is 0 Å². The summed E-state index contributed by atoms with van der Waals surface area (Å²) in [5.41, 5.74) is 3.52. The first-order valence-electron chi connectivity index (χ1n) is 10.5. The summed E-state index contributed by atoms with van der Waals surface area (Å²) in [7, 11) is 0. The fraction of sp³-hybridized carbons (Fsp3) is 0.250. The summed E-state index contributed by atoms with van der Waals surface area (Å²) in [5.74, 6) is 1.31. The fourth-order valence-electron chi connectivity index (χ4n) is 3.85. The minimum absolute atomic E-state index is 0.0888. The Morgan fingerprint density at radius 3 is 2.81 bits per heavy atom. The van der Waals surface area contributed by atoms with Crippen LogP contribution < -0.4 is 15.4 Å². The van der Waals surface area contributed by atoms with Crippen LogP contribution in [0, 0.1) is 5.82 Å². The van der Waals surface area contributed by atoms with E-state index in [1.54, 1.807) is 6.07 Å². The summed E-state index contributed by atoms with van der Waals surface area (Å²) in [6, 6.07) is 18.3. The normalized spacial score (nSPS) is 17.0. The van der Waals surface area contributed by atoms with Crippen LogP contribution in [0.5, 0.6) is 5.75 Å². The molecule has 2 aromatic carbocycles. The Bertz CT molecular complexity index is 1180. The zero-order valence-corrected chi connectivity index (χ0v) is 17.3. The molecule has 0 amide bonds. The van der Waals surface area contributed by atoms with Crippen molar-refractivity contribution < 1.29 is 9.13 Å². The first kappa shape index (κ1) is 19.5. The van der Waals surface area contributed by atoms with Crippen molar-refractivity contribution in [3.63, 3.8) is 0 Å². The number of anilines is 1. The molecule has 1 unspecified atom stereocenters. The van der Waals surface area contributed by atoms with Gasteiger partial charge in [0.1, 0.15) is 23.5 Å². The van der Waals surface area contributed by atoms with Crippen LogP contribution in [0.15, 0.2) is 66.9 Å². The number of halogens is 1. The van der Waals surface area contributed by atoms with Crippen LogP contribution in [-0.2, 0) is 0 Å². The van der Waals surface area contributed by atoms with E-state index in [1.165, 1.54) is 12.1 Å². The molecule has 4 aromatic rings. The number of benzene rings is 2. The molecule has 0 spiro atoms. The second kappa shape index (κ2) is 8.35. The van der Waals surface area contributed by atoms with Gasteiger partial charge in [0.15, 0.2) is 5.65 Å². The molecule has 2 N–H and O–H groups in total. The van der Waals surface area contributed by atoms with Gasteiger partial charge in [0.25, 0.3) is 0 Å². The van der Waals surface area contributed by atoms with Gasteiger partial charge in [0.2, 0.25) is 0 Å². The molecule has 5 rings (SSSR count). The van der Waals surface area contributed by atoms with Crippen molar-refractivity contribution in [2.24, 2.45) is 0 Å². The van der Waals surface area contributed by atoms with Gasteiger partial charge in [-0.05, 0) is 74.0 Å². The number of rotatable bonds is 6. The molecule has 1 saturated heterocycles. The molecule has 31 heavy (non-hydrogen) atoms. The van der Waals surface area contributed by atoms with Gasteiger partial charge < -0.3 is 15.4 Å². The van der Waals surface area contributed by atoms with E-state index >= 15 is 0 Å². The molecule has 0 aliphatic carbocycles. The maximum atomic E-state index is 13.5. The van der Waals surface area contributed by atoms with Gasteiger partial charge in [-0.1, -0.05) is 12.1 Å². The smallest absolute Gasteiger partial charge is 0.154 e. The molecule has 6 nitrogen and oxygen atoms in total. The van der Waals surface area contributed by atoms with Crippen molar-refractivity contribution in [1.82, 2.24) is 19.9 Å². The number of aromatic nitrogens is 3. The first-order valence-corrected chi connectivity index (χ1v) is 10.5. The number of fused-ring (bicyclic) bond motifs is 1. The van der Waals surface area contributed by atoms with Gasteiger partial charge in [0, 0.05) is 12.1 Å². The number of hydrogen-bond donors (Lipinski definition) is 2. The molecule has 1 aliphatic rings. The predicted molar refractivity (Wildman–Crippen MR) is 119 cm³/mol. The third-order valence-corrected chi connectivity index (χ3v) is 5.54. The maximum Gasteiger partial charge on any atom is 0.154 e. The number of hydrogen-bond acceptors (Lipinski definition) is 5. The molecule has 2 atom stereocenters. The largest absolute Gasteiger partial charge is 0.489 e. The summed E-state index contributed by atoms with van der Waals surface area (Å²) in [6.07, 6.45) is 3.08. The Labute approximate surface area is 180 Å². The van der Waals surface area contributed by atoms with Gasteiger partial charge in [0.05, 0.1) is 17.9 Å². The van der Waals surface area contributed by atoms with E-state index < -0.39 is 0 Å². The van der Waals surface area contributed by atoms with Crippen LogP contribution in [0.1, 0.15) is 24.9 Å². The fourth-order valence-corrected chi connectivity index (χ4v) is 3.85. The lowest BCUT2D eigenvalue weighted by molar-refractivity contribution is 0.223. The van der Waals surface area contributed by atoms with Crippen LogP contribution >= 0.6 is 0 Å². The number of imidazole rings is 1. The van der Waals surface area contributed by atoms with Crippen LogP contribution in [0.4, 0.5) is 10.2 Å². The summed E-state index contributed by atoms with van der Waals surface area (Å²) in [6.45, 7) is 3.88. The minimum atomic E-state index is -0.247. The second-order valence-electron chi connectivity index (χ2n) is 7.81. The van der Waals surface area contributed by atoms with Gasteiger partial charge in [-0.15, -0.1) is 5.10 Å². The Kier molecular flexibility index (Phi) is 5.26. The third-order valence-electron chi connectivity index (χ3n) is 5.54. The van der Waals surface area contributed by atoms with Crippen LogP contribution in [0.2, 0.25) is 0 Å². The molecule has 1 fully saturated rings. The summed E-state index contributed by atoms with van der Waals surface area (Å²) < 4.78 is 21.4. The quantitative estimate of drug-likeness (QED) is 0.485. The van der Waals surface area contributed by atoms with Crippen LogP contribution in [0.3, 0.4) is 0 Å². The highest BCUT2D eigenvalue weighted by Crippen LogP contribution is 2.25. The number of ether oxygens (including phenoxy) is 1. The average Bonchev–Trinajstić information content (AvgIpc) is 3.44. The zero-order valence-electron chi connectivity index (χ0n) is 17.3. The van der Waals surface area contributed by atoms with Crippen LogP contribution in [0.25, 0.3) is 16.9 Å². The highest BCUT2D eigenvalue weighted by atomic mass is 19.1. The highest BCUT2D eigenvalue weighted by Gasteiger charge is 2.16. The van der Waals surface area contributed by atoms with Crippen molar-refractivity contribution in [2.75, 3.05) is 18.4 Å². The Hall–Kier alpha value is -3.45. The van der Waals surface area contributed by atoms with Gasteiger partial charge in [-0.2, -0.15) is 0 Å². The van der Waals surface area contributed by atoms with Crippen molar-refractivity contribution in [3.8, 4) is 17.0 Å². The lowest BCUT2D eigenvalue weighted by Crippen LogP contribution is -2.19. The molecule has 0 saturated carbocycles. The van der Waals surface area contributed by atoms with Crippen molar-refractivity contribution in [2.45, 2.75) is 25.5 Å². The lowest BCUT2D eigenvalue weighted by atomic mass is 10.1. The van der Waals surface area contributed by atoms with E-state index in [4.69, 9.17) is 9.84 Å². The number of nitrogens with one attached hydrogen (secondary N) is 2. The van der Waals surface area contributed by atoms with Gasteiger partial charge >= 0.3 is 0 Å². The maximum absolute atomic E-state index is 13.5. The molecule has 7 heteroatoms. The Balaban J connectivity index is 1.37. The van der Waals surface area contributed by atoms with Gasteiger partial charge in [-0.25, -0.2) is 13.9 Å². The lowest BCUT2D eigenvalue weighted by Gasteiger charge is -2.15. The monoisotopic (exact) mass is 417 g/mol. The second-order valence-corrected chi connectivity index (χ2v) is 7.81. The predicted octanol–water partition coefficient (Wildman–Crippen LogP) is 4.45. The molecule has 0 bridgehead atoms. The average molecular weight is 417 g/mol. The van der Waals surface area contributed by atoms with E-state index in [1.807, 2.05) is 60.1 Å². The highest BCUT2D eigenvalue weighted by molar-refractivity contribution is 5.64. The van der Waals surface area contributed by atoms with E-state index in [2.05, 4.69) is 15.6 Å². The van der Waals surface area contributed by atoms with Crippen molar-refractivity contribution in [3.05, 3.63) is 78.2 Å². The van der Waals surface area contributed by atoms with E-state index in [0.29, 0.717) is 5.82 Å². The minimum Gasteiger partial charge on any atom is -0.489 e. The standard InChI is InChI=1S/C24H24FN5O/c1-16(18-3-2-4-19(25)13-18)28-23-9-10-24-27-15-22(30(24)29-23)17-5-7-20(8-6-17)31-21-11-12-26-14-21/h2-10,13,15-16,21,26H,11-12,14H2,1H3,(H,28,29)/t16-,21?/m1/s1. The SMILES string of the molecule is C[C@@H](Nc1ccc2ncc(-c3ccc(OC4CCNC4)cc3)n2n1)c1cccc(F)c1. The Morgan fingerprint density at radius 2 is 2.03 bits per heavy atom. The van der Waals surface area contributed by atoms with Gasteiger partial charge in [-0.3, -0.25) is 0 Å². The van der Waals surface area contributed by atoms with Crippen molar-refractivity contribution >= 4 is 11.5 Å². The van der Waals surface area contributed by atoms with E-state index in [-0.39, 0.29) is 18.0 Å². The Morgan fingerprint density at radius 1 is 1.16 bits per heavy atom. The molecule has 2 aromatic heterocycles. The summed E-state index contributed by atoms with van der Waals surface area (Å²) in [4.78, 5) is 4.47. The summed E-state index contributed by atoms with van der Waals surface area (Å²) in [5, 5.41) is 11.4. The van der Waals surface area contributed by atoms with E-state index in [9.17, 15) is 4.39 Å². The zero-order chi connectivity index (χ0) is 21.2. The topological polar surface area (TPSA) is 63.5 Å². The number of nitrogens with zero attached hydrogens (tertiary/aromatic N) is 3. The van der Waals surface area contributed by atoms with E-state index in [0.717, 1.165) is 47.7 Å². The molecule has 1 aliphatic heterocycles. The molecular weight excluding hydrogens is 393 g/mol.